The second kappa shape index (κ2) is 4.61. The maximum Gasteiger partial charge on any atom is 0.204 e. The van der Waals surface area contributed by atoms with Crippen molar-refractivity contribution < 1.29 is 4.42 Å². The highest BCUT2D eigenvalue weighted by Crippen LogP contribution is 2.24. The van der Waals surface area contributed by atoms with Crippen LogP contribution in [0.5, 0.6) is 0 Å². The number of thioether (sulfide) groups is 1. The fourth-order valence-electron chi connectivity index (χ4n) is 1.35. The average molecular weight is 234 g/mol. The Morgan fingerprint density at radius 2 is 2.19 bits per heavy atom. The van der Waals surface area contributed by atoms with Gasteiger partial charge in [-0.1, -0.05) is 6.07 Å². The van der Waals surface area contributed by atoms with Crippen molar-refractivity contribution in [3.05, 3.63) is 41.6 Å². The second-order valence-electron chi connectivity index (χ2n) is 3.61. The van der Waals surface area contributed by atoms with Gasteiger partial charge in [0, 0.05) is 10.6 Å². The van der Waals surface area contributed by atoms with Gasteiger partial charge in [0.05, 0.1) is 11.4 Å². The molecular weight excluding hydrogens is 220 g/mol. The highest BCUT2D eigenvalue weighted by molar-refractivity contribution is 7.98. The number of benzene rings is 1. The van der Waals surface area contributed by atoms with Gasteiger partial charge in [-0.2, -0.15) is 0 Å². The van der Waals surface area contributed by atoms with Crippen molar-refractivity contribution in [2.45, 2.75) is 24.5 Å². The van der Waals surface area contributed by atoms with Gasteiger partial charge in [-0.05, 0) is 32.0 Å². The number of anilines is 1. The summed E-state index contributed by atoms with van der Waals surface area (Å²) in [4.78, 5) is 5.46. The summed E-state index contributed by atoms with van der Waals surface area (Å²) < 4.78 is 5.50. The summed E-state index contributed by atoms with van der Waals surface area (Å²) in [5, 5.41) is 0. The summed E-state index contributed by atoms with van der Waals surface area (Å²) in [5.41, 5.74) is 7.45. The van der Waals surface area contributed by atoms with Gasteiger partial charge in [0.15, 0.2) is 0 Å². The third-order valence-corrected chi connectivity index (χ3v) is 3.27. The van der Waals surface area contributed by atoms with Crippen molar-refractivity contribution in [3.8, 4) is 0 Å². The van der Waals surface area contributed by atoms with Gasteiger partial charge >= 0.3 is 0 Å². The van der Waals surface area contributed by atoms with Gasteiger partial charge in [-0.25, -0.2) is 4.98 Å². The van der Waals surface area contributed by atoms with E-state index in [2.05, 4.69) is 4.98 Å². The number of aryl methyl sites for hydroxylation is 2. The summed E-state index contributed by atoms with van der Waals surface area (Å²) in [5.74, 6) is 2.39. The molecule has 0 amide bonds. The van der Waals surface area contributed by atoms with Crippen LogP contribution in [0, 0.1) is 13.8 Å². The van der Waals surface area contributed by atoms with Crippen LogP contribution in [0.1, 0.15) is 17.3 Å². The Morgan fingerprint density at radius 1 is 1.38 bits per heavy atom. The van der Waals surface area contributed by atoms with Crippen LogP contribution in [0.2, 0.25) is 0 Å². The lowest BCUT2D eigenvalue weighted by Gasteiger charge is -1.99. The molecule has 2 rings (SSSR count). The normalized spacial score (nSPS) is 10.6. The molecule has 0 atom stereocenters. The van der Waals surface area contributed by atoms with Crippen LogP contribution in [0.4, 0.5) is 5.69 Å². The Labute approximate surface area is 99.1 Å². The molecule has 16 heavy (non-hydrogen) atoms. The van der Waals surface area contributed by atoms with Crippen molar-refractivity contribution in [2.24, 2.45) is 0 Å². The van der Waals surface area contributed by atoms with Crippen molar-refractivity contribution in [1.29, 1.82) is 0 Å². The number of nitrogens with two attached hydrogens (primary N) is 1. The fourth-order valence-corrected chi connectivity index (χ4v) is 2.16. The van der Waals surface area contributed by atoms with Crippen LogP contribution in [-0.2, 0) is 5.75 Å². The molecule has 0 saturated heterocycles. The largest absolute Gasteiger partial charge is 0.445 e. The Kier molecular flexibility index (Phi) is 3.19. The SMILES string of the molecule is Cc1nc(CSc2cccc(N)c2)oc1C. The molecule has 0 fully saturated rings. The van der Waals surface area contributed by atoms with Crippen molar-refractivity contribution >= 4 is 17.4 Å². The number of hydrogen-bond acceptors (Lipinski definition) is 4. The summed E-state index contributed by atoms with van der Waals surface area (Å²) in [7, 11) is 0. The number of rotatable bonds is 3. The van der Waals surface area contributed by atoms with Crippen molar-refractivity contribution in [3.63, 3.8) is 0 Å². The second-order valence-corrected chi connectivity index (χ2v) is 4.66. The van der Waals surface area contributed by atoms with E-state index in [1.54, 1.807) is 11.8 Å². The number of nitrogens with zero attached hydrogens (tertiary/aromatic N) is 1. The Balaban J connectivity index is 2.02. The molecule has 0 unspecified atom stereocenters. The standard InChI is InChI=1S/C12H14N2OS/c1-8-9(2)15-12(14-8)7-16-11-5-3-4-10(13)6-11/h3-6H,7,13H2,1-2H3. The number of oxazole rings is 1. The van der Waals surface area contributed by atoms with E-state index < -0.39 is 0 Å². The molecule has 2 aromatic rings. The molecule has 0 radical (unpaired) electrons. The van der Waals surface area contributed by atoms with Crippen molar-refractivity contribution in [1.82, 2.24) is 4.98 Å². The molecule has 0 spiro atoms. The summed E-state index contributed by atoms with van der Waals surface area (Å²) in [6, 6.07) is 7.81. The van der Waals surface area contributed by atoms with E-state index in [9.17, 15) is 0 Å². The van der Waals surface area contributed by atoms with E-state index in [4.69, 9.17) is 10.2 Å². The van der Waals surface area contributed by atoms with Crippen LogP contribution in [0.15, 0.2) is 33.6 Å². The lowest BCUT2D eigenvalue weighted by atomic mass is 10.3. The number of hydrogen-bond donors (Lipinski definition) is 1. The van der Waals surface area contributed by atoms with Crippen molar-refractivity contribution in [2.75, 3.05) is 5.73 Å². The van der Waals surface area contributed by atoms with E-state index >= 15 is 0 Å². The summed E-state index contributed by atoms with van der Waals surface area (Å²) >= 11 is 1.67. The first-order valence-electron chi connectivity index (χ1n) is 5.06. The molecule has 1 heterocycles. The molecule has 0 bridgehead atoms. The maximum absolute atomic E-state index is 5.70. The molecule has 1 aromatic carbocycles. The topological polar surface area (TPSA) is 52.0 Å². The minimum atomic E-state index is 0.734. The summed E-state index contributed by atoms with van der Waals surface area (Å²) in [6.07, 6.45) is 0. The molecule has 2 N–H and O–H groups in total. The van der Waals surface area contributed by atoms with E-state index in [0.29, 0.717) is 0 Å². The van der Waals surface area contributed by atoms with Gasteiger partial charge in [-0.15, -0.1) is 11.8 Å². The molecule has 3 nitrogen and oxygen atoms in total. The zero-order valence-corrected chi connectivity index (χ0v) is 10.2. The van der Waals surface area contributed by atoms with E-state index in [-0.39, 0.29) is 0 Å². The fraction of sp³-hybridized carbons (Fsp3) is 0.250. The minimum absolute atomic E-state index is 0.734. The first-order valence-corrected chi connectivity index (χ1v) is 6.05. The van der Waals surface area contributed by atoms with Crippen LogP contribution >= 0.6 is 11.8 Å². The highest BCUT2D eigenvalue weighted by Gasteiger charge is 2.05. The molecule has 0 aliphatic heterocycles. The van der Waals surface area contributed by atoms with Gasteiger partial charge in [-0.3, -0.25) is 0 Å². The average Bonchev–Trinajstić information content (AvgIpc) is 2.56. The molecule has 0 saturated carbocycles. The predicted octanol–water partition coefficient (Wildman–Crippen LogP) is 3.17. The van der Waals surface area contributed by atoms with E-state index in [1.165, 1.54) is 0 Å². The quantitative estimate of drug-likeness (QED) is 0.654. The van der Waals surface area contributed by atoms with Gasteiger partial charge < -0.3 is 10.2 Å². The Morgan fingerprint density at radius 3 is 2.81 bits per heavy atom. The lowest BCUT2D eigenvalue weighted by molar-refractivity contribution is 0.489. The monoisotopic (exact) mass is 234 g/mol. The first-order chi connectivity index (χ1) is 7.65. The zero-order chi connectivity index (χ0) is 11.5. The number of nitrogen functional groups attached to an aromatic ring is 1. The minimum Gasteiger partial charge on any atom is -0.445 e. The third-order valence-electron chi connectivity index (χ3n) is 2.29. The van der Waals surface area contributed by atoms with E-state index in [0.717, 1.165) is 33.7 Å². The smallest absolute Gasteiger partial charge is 0.204 e. The predicted molar refractivity (Wildman–Crippen MR) is 66.4 cm³/mol. The Hall–Kier alpha value is -1.42. The van der Waals surface area contributed by atoms with Crippen LogP contribution in [-0.4, -0.2) is 4.98 Å². The molecule has 4 heteroatoms. The Bertz CT molecular complexity index is 474. The molecule has 0 aliphatic rings. The molecular formula is C12H14N2OS. The lowest BCUT2D eigenvalue weighted by Crippen LogP contribution is -1.85. The molecule has 1 aromatic heterocycles. The first kappa shape index (κ1) is 11.1. The molecule has 84 valence electrons. The van der Waals surface area contributed by atoms with Gasteiger partial charge in [0.25, 0.3) is 0 Å². The molecule has 0 aliphatic carbocycles. The third kappa shape index (κ3) is 2.58. The van der Waals surface area contributed by atoms with Crippen LogP contribution in [0.25, 0.3) is 0 Å². The highest BCUT2D eigenvalue weighted by atomic mass is 32.2. The summed E-state index contributed by atoms with van der Waals surface area (Å²) in [6.45, 7) is 3.88. The maximum atomic E-state index is 5.70. The van der Waals surface area contributed by atoms with Crippen LogP contribution in [0.3, 0.4) is 0 Å². The van der Waals surface area contributed by atoms with E-state index in [1.807, 2.05) is 38.1 Å². The van der Waals surface area contributed by atoms with Gasteiger partial charge in [0.1, 0.15) is 5.76 Å². The van der Waals surface area contributed by atoms with Gasteiger partial charge in [0.2, 0.25) is 5.89 Å². The van der Waals surface area contributed by atoms with Crippen LogP contribution < -0.4 is 5.73 Å². The zero-order valence-electron chi connectivity index (χ0n) is 9.36. The number of aromatic nitrogens is 1.